The van der Waals surface area contributed by atoms with Crippen LogP contribution in [0, 0.1) is 0 Å². The van der Waals surface area contributed by atoms with Crippen LogP contribution in [0.2, 0.25) is 0 Å². The first kappa shape index (κ1) is 13.4. The van der Waals surface area contributed by atoms with Crippen molar-refractivity contribution in [2.45, 2.75) is 6.42 Å². The number of para-hydroxylation sites is 1. The van der Waals surface area contributed by atoms with Gasteiger partial charge in [0.2, 0.25) is 0 Å². The molecule has 2 heterocycles. The Morgan fingerprint density at radius 2 is 2.00 bits per heavy atom. The lowest BCUT2D eigenvalue weighted by molar-refractivity contribution is 0.292. The second-order valence-electron chi connectivity index (χ2n) is 4.62. The Morgan fingerprint density at radius 1 is 1.14 bits per heavy atom. The predicted molar refractivity (Wildman–Crippen MR) is 82.9 cm³/mol. The van der Waals surface area contributed by atoms with Gasteiger partial charge in [0.05, 0.1) is 6.20 Å². The molecule has 3 rings (SSSR count). The van der Waals surface area contributed by atoms with Crippen LogP contribution in [0.5, 0.6) is 0 Å². The van der Waals surface area contributed by atoms with E-state index in [0.29, 0.717) is 13.0 Å². The Morgan fingerprint density at radius 3 is 2.81 bits per heavy atom. The minimum atomic E-state index is 0.164. The van der Waals surface area contributed by atoms with Gasteiger partial charge < -0.3 is 15.7 Å². The highest BCUT2D eigenvalue weighted by Gasteiger charge is 2.06. The van der Waals surface area contributed by atoms with Crippen LogP contribution >= 0.6 is 0 Å². The molecule has 0 saturated carbocycles. The van der Waals surface area contributed by atoms with Gasteiger partial charge in [-0.3, -0.25) is 0 Å². The largest absolute Gasteiger partial charge is 0.396 e. The maximum absolute atomic E-state index is 8.85. The fourth-order valence-electron chi connectivity index (χ4n) is 2.06. The molecule has 2 aromatic heterocycles. The number of hydrogen-bond donors (Lipinski definition) is 3. The molecule has 0 spiro atoms. The van der Waals surface area contributed by atoms with E-state index in [1.807, 2.05) is 42.5 Å². The minimum absolute atomic E-state index is 0.164. The van der Waals surface area contributed by atoms with Crippen molar-refractivity contribution >= 4 is 23.0 Å². The summed E-state index contributed by atoms with van der Waals surface area (Å²) in [7, 11) is 0. The molecular weight excluding hydrogens is 266 g/mol. The van der Waals surface area contributed by atoms with Crippen LogP contribution in [0.25, 0.3) is 5.65 Å². The number of nitrogens with zero attached hydrogens (tertiary/aromatic N) is 3. The molecule has 0 aliphatic carbocycles. The highest BCUT2D eigenvalue weighted by atomic mass is 16.3. The zero-order chi connectivity index (χ0) is 14.5. The first-order valence-corrected chi connectivity index (χ1v) is 6.88. The van der Waals surface area contributed by atoms with Crippen LogP contribution in [0.3, 0.4) is 0 Å². The number of benzene rings is 1. The first-order chi connectivity index (χ1) is 10.4. The van der Waals surface area contributed by atoms with Gasteiger partial charge in [-0.2, -0.15) is 9.61 Å². The van der Waals surface area contributed by atoms with E-state index in [1.54, 1.807) is 10.7 Å². The molecular formula is C15H17N5O. The number of anilines is 3. The number of nitrogens with one attached hydrogen (secondary N) is 2. The van der Waals surface area contributed by atoms with E-state index < -0.39 is 0 Å². The van der Waals surface area contributed by atoms with Crippen LogP contribution in [0.4, 0.5) is 17.3 Å². The van der Waals surface area contributed by atoms with Crippen LogP contribution in [-0.4, -0.2) is 32.9 Å². The van der Waals surface area contributed by atoms with Gasteiger partial charge in [0.15, 0.2) is 5.65 Å². The molecule has 0 bridgehead atoms. The van der Waals surface area contributed by atoms with E-state index in [-0.39, 0.29) is 6.61 Å². The molecule has 0 amide bonds. The minimum Gasteiger partial charge on any atom is -0.396 e. The second-order valence-corrected chi connectivity index (χ2v) is 4.62. The molecule has 3 N–H and O–H groups in total. The molecule has 0 radical (unpaired) electrons. The van der Waals surface area contributed by atoms with E-state index in [2.05, 4.69) is 20.7 Å². The summed E-state index contributed by atoms with van der Waals surface area (Å²) in [6, 6.07) is 13.7. The van der Waals surface area contributed by atoms with Gasteiger partial charge >= 0.3 is 0 Å². The fraction of sp³-hybridized carbons (Fsp3) is 0.200. The summed E-state index contributed by atoms with van der Waals surface area (Å²) >= 11 is 0. The van der Waals surface area contributed by atoms with Crippen LogP contribution in [-0.2, 0) is 0 Å². The Balaban J connectivity index is 1.90. The molecule has 0 aliphatic heterocycles. The first-order valence-electron chi connectivity index (χ1n) is 6.88. The molecule has 0 aliphatic rings. The van der Waals surface area contributed by atoms with Crippen molar-refractivity contribution in [2.75, 3.05) is 23.8 Å². The van der Waals surface area contributed by atoms with Crippen LogP contribution < -0.4 is 10.6 Å². The highest BCUT2D eigenvalue weighted by Crippen LogP contribution is 2.20. The van der Waals surface area contributed by atoms with Crippen molar-refractivity contribution in [3.63, 3.8) is 0 Å². The van der Waals surface area contributed by atoms with Crippen molar-refractivity contribution in [2.24, 2.45) is 0 Å². The second kappa shape index (κ2) is 6.23. The van der Waals surface area contributed by atoms with Crippen molar-refractivity contribution in [3.05, 3.63) is 48.7 Å². The fourth-order valence-corrected chi connectivity index (χ4v) is 2.06. The lowest BCUT2D eigenvalue weighted by Gasteiger charge is -2.11. The zero-order valence-corrected chi connectivity index (χ0v) is 11.5. The van der Waals surface area contributed by atoms with Crippen molar-refractivity contribution in [1.29, 1.82) is 0 Å². The Labute approximate surface area is 122 Å². The summed E-state index contributed by atoms with van der Waals surface area (Å²) in [5.41, 5.74) is 1.75. The lowest BCUT2D eigenvalue weighted by atomic mass is 10.3. The molecule has 1 aromatic carbocycles. The summed E-state index contributed by atoms with van der Waals surface area (Å²) < 4.78 is 1.75. The zero-order valence-electron chi connectivity index (χ0n) is 11.5. The molecule has 0 unspecified atom stereocenters. The number of aliphatic hydroxyl groups is 1. The standard InChI is InChI=1S/C15H17N5O/c21-10-4-8-16-13-11-15(18-12-5-2-1-3-6-12)20-14(19-13)7-9-17-20/h1-3,5-7,9,11,18,21H,4,8,10H2,(H,16,19). The maximum atomic E-state index is 8.85. The summed E-state index contributed by atoms with van der Waals surface area (Å²) in [4.78, 5) is 4.48. The van der Waals surface area contributed by atoms with E-state index in [9.17, 15) is 0 Å². The molecule has 3 aromatic rings. The number of aliphatic hydroxyl groups excluding tert-OH is 1. The Kier molecular flexibility index (Phi) is 3.97. The lowest BCUT2D eigenvalue weighted by Crippen LogP contribution is -2.08. The van der Waals surface area contributed by atoms with Crippen molar-refractivity contribution in [3.8, 4) is 0 Å². The third kappa shape index (κ3) is 3.11. The topological polar surface area (TPSA) is 74.5 Å². The summed E-state index contributed by atoms with van der Waals surface area (Å²) in [6.07, 6.45) is 2.41. The smallest absolute Gasteiger partial charge is 0.159 e. The van der Waals surface area contributed by atoms with Crippen molar-refractivity contribution < 1.29 is 5.11 Å². The number of fused-ring (bicyclic) bond motifs is 1. The third-order valence-corrected chi connectivity index (χ3v) is 3.05. The molecule has 0 saturated heterocycles. The number of hydrogen-bond acceptors (Lipinski definition) is 5. The molecule has 6 heteroatoms. The van der Waals surface area contributed by atoms with Gasteiger partial charge in [-0.1, -0.05) is 18.2 Å². The summed E-state index contributed by atoms with van der Waals surface area (Å²) in [5, 5.41) is 19.7. The number of aromatic nitrogens is 3. The van der Waals surface area contributed by atoms with Crippen molar-refractivity contribution in [1.82, 2.24) is 14.6 Å². The Hall–Kier alpha value is -2.60. The average molecular weight is 283 g/mol. The van der Waals surface area contributed by atoms with Gasteiger partial charge in [-0.05, 0) is 18.6 Å². The molecule has 21 heavy (non-hydrogen) atoms. The number of rotatable bonds is 6. The van der Waals surface area contributed by atoms with E-state index >= 15 is 0 Å². The molecule has 6 nitrogen and oxygen atoms in total. The van der Waals surface area contributed by atoms with Gasteiger partial charge in [0.1, 0.15) is 11.6 Å². The maximum Gasteiger partial charge on any atom is 0.159 e. The third-order valence-electron chi connectivity index (χ3n) is 3.05. The van der Waals surface area contributed by atoms with Crippen LogP contribution in [0.15, 0.2) is 48.7 Å². The Bertz CT molecular complexity index is 710. The predicted octanol–water partition coefficient (Wildman–Crippen LogP) is 2.27. The van der Waals surface area contributed by atoms with Gasteiger partial charge in [0.25, 0.3) is 0 Å². The normalized spacial score (nSPS) is 10.7. The van der Waals surface area contributed by atoms with Crippen LogP contribution in [0.1, 0.15) is 6.42 Å². The molecule has 0 atom stereocenters. The van der Waals surface area contributed by atoms with E-state index in [0.717, 1.165) is 23.0 Å². The highest BCUT2D eigenvalue weighted by molar-refractivity contribution is 5.63. The quantitative estimate of drug-likeness (QED) is 0.605. The molecule has 0 fully saturated rings. The van der Waals surface area contributed by atoms with Gasteiger partial charge in [0, 0.05) is 31.0 Å². The van der Waals surface area contributed by atoms with E-state index in [1.165, 1.54) is 0 Å². The van der Waals surface area contributed by atoms with Gasteiger partial charge in [-0.25, -0.2) is 4.98 Å². The SMILES string of the molecule is OCCCNc1cc(Nc2ccccc2)n2nccc2n1. The van der Waals surface area contributed by atoms with E-state index in [4.69, 9.17) is 5.11 Å². The van der Waals surface area contributed by atoms with Gasteiger partial charge in [-0.15, -0.1) is 0 Å². The summed E-state index contributed by atoms with van der Waals surface area (Å²) in [6.45, 7) is 0.843. The average Bonchev–Trinajstić information content (AvgIpc) is 2.97. The summed E-state index contributed by atoms with van der Waals surface area (Å²) in [5.74, 6) is 1.59. The monoisotopic (exact) mass is 283 g/mol. The molecule has 108 valence electrons.